The van der Waals surface area contributed by atoms with E-state index in [1.165, 1.54) is 11.9 Å². The highest BCUT2D eigenvalue weighted by Crippen LogP contribution is 2.15. The van der Waals surface area contributed by atoms with Crippen molar-refractivity contribution in [3.05, 3.63) is 22.6 Å². The number of hydrogen-bond donors (Lipinski definition) is 2. The first-order valence-corrected chi connectivity index (χ1v) is 7.11. The third-order valence-corrected chi connectivity index (χ3v) is 3.21. The molecule has 1 unspecified atom stereocenters. The fourth-order valence-corrected chi connectivity index (χ4v) is 1.88. The van der Waals surface area contributed by atoms with Crippen LogP contribution in [0.4, 0.5) is 0 Å². The van der Waals surface area contributed by atoms with Crippen LogP contribution in [0.1, 0.15) is 23.9 Å². The lowest BCUT2D eigenvalue weighted by Crippen LogP contribution is -2.39. The van der Waals surface area contributed by atoms with E-state index >= 15 is 0 Å². The summed E-state index contributed by atoms with van der Waals surface area (Å²) in [5.41, 5.74) is 0. The standard InChI is InChI=1S/C13H19BrN2O4/c1-9(5-6-17)7-15-12(18)8-16(2)13(19)10-3-4-11(14)20-10/h3-4,9,17H,5-8H2,1-2H3,(H,15,18). The molecule has 0 fully saturated rings. The lowest BCUT2D eigenvalue weighted by Gasteiger charge is -2.16. The Kier molecular flexibility index (Phi) is 6.74. The average Bonchev–Trinajstić information content (AvgIpc) is 2.82. The SMILES string of the molecule is CC(CCO)CNC(=O)CN(C)C(=O)c1ccc(Br)o1. The molecule has 0 radical (unpaired) electrons. The van der Waals surface area contributed by atoms with Crippen molar-refractivity contribution in [3.63, 3.8) is 0 Å². The summed E-state index contributed by atoms with van der Waals surface area (Å²) in [6, 6.07) is 3.17. The summed E-state index contributed by atoms with van der Waals surface area (Å²) in [7, 11) is 1.54. The third-order valence-electron chi connectivity index (χ3n) is 2.78. The molecule has 7 heteroatoms. The highest BCUT2D eigenvalue weighted by molar-refractivity contribution is 9.10. The maximum atomic E-state index is 11.9. The molecule has 0 bridgehead atoms. The van der Waals surface area contributed by atoms with Crippen molar-refractivity contribution in [3.8, 4) is 0 Å². The summed E-state index contributed by atoms with van der Waals surface area (Å²) in [6.07, 6.45) is 0.634. The number of hydrogen-bond acceptors (Lipinski definition) is 4. The zero-order chi connectivity index (χ0) is 15.1. The molecule has 1 rings (SSSR count). The van der Waals surface area contributed by atoms with E-state index in [1.807, 2.05) is 6.92 Å². The molecule has 112 valence electrons. The second-order valence-corrected chi connectivity index (χ2v) is 5.47. The number of likely N-dealkylation sites (N-methyl/N-ethyl adjacent to an activating group) is 1. The second-order valence-electron chi connectivity index (χ2n) is 4.69. The van der Waals surface area contributed by atoms with Crippen molar-refractivity contribution in [2.75, 3.05) is 26.7 Å². The monoisotopic (exact) mass is 346 g/mol. The van der Waals surface area contributed by atoms with E-state index in [1.54, 1.807) is 12.1 Å². The largest absolute Gasteiger partial charge is 0.444 e. The summed E-state index contributed by atoms with van der Waals surface area (Å²) in [5, 5.41) is 11.5. The quantitative estimate of drug-likeness (QED) is 0.778. The Morgan fingerprint density at radius 3 is 2.75 bits per heavy atom. The van der Waals surface area contributed by atoms with Gasteiger partial charge in [-0.1, -0.05) is 6.92 Å². The predicted molar refractivity (Wildman–Crippen MR) is 77.2 cm³/mol. The number of rotatable bonds is 7. The molecular weight excluding hydrogens is 328 g/mol. The van der Waals surface area contributed by atoms with Gasteiger partial charge in [-0.3, -0.25) is 9.59 Å². The third kappa shape index (κ3) is 5.34. The zero-order valence-corrected chi connectivity index (χ0v) is 13.1. The molecule has 0 aromatic carbocycles. The summed E-state index contributed by atoms with van der Waals surface area (Å²) in [4.78, 5) is 24.9. The molecule has 2 N–H and O–H groups in total. The van der Waals surface area contributed by atoms with E-state index in [-0.39, 0.29) is 36.6 Å². The van der Waals surface area contributed by atoms with Gasteiger partial charge in [-0.2, -0.15) is 0 Å². The Bertz CT molecular complexity index is 461. The van der Waals surface area contributed by atoms with Gasteiger partial charge < -0.3 is 19.7 Å². The summed E-state index contributed by atoms with van der Waals surface area (Å²) >= 11 is 3.12. The molecule has 1 heterocycles. The number of amides is 2. The maximum Gasteiger partial charge on any atom is 0.289 e. The first kappa shape index (κ1) is 16.7. The molecule has 1 atom stereocenters. The number of halogens is 1. The molecule has 1 aromatic rings. The van der Waals surface area contributed by atoms with Gasteiger partial charge in [0.2, 0.25) is 5.91 Å². The van der Waals surface area contributed by atoms with E-state index in [9.17, 15) is 9.59 Å². The molecule has 0 spiro atoms. The maximum absolute atomic E-state index is 11.9. The lowest BCUT2D eigenvalue weighted by molar-refractivity contribution is -0.121. The molecule has 1 aromatic heterocycles. The highest BCUT2D eigenvalue weighted by Gasteiger charge is 2.18. The number of carbonyl (C=O) groups excluding carboxylic acids is 2. The van der Waals surface area contributed by atoms with Gasteiger partial charge in [0.1, 0.15) is 0 Å². The van der Waals surface area contributed by atoms with Crippen LogP contribution in [-0.2, 0) is 4.79 Å². The average molecular weight is 347 g/mol. The minimum Gasteiger partial charge on any atom is -0.444 e. The van der Waals surface area contributed by atoms with E-state index in [4.69, 9.17) is 9.52 Å². The Morgan fingerprint density at radius 1 is 1.50 bits per heavy atom. The van der Waals surface area contributed by atoms with Crippen molar-refractivity contribution in [2.45, 2.75) is 13.3 Å². The fourth-order valence-electron chi connectivity index (χ4n) is 1.57. The first-order valence-electron chi connectivity index (χ1n) is 6.32. The molecular formula is C13H19BrN2O4. The van der Waals surface area contributed by atoms with Crippen LogP contribution >= 0.6 is 15.9 Å². The van der Waals surface area contributed by atoms with Crippen molar-refractivity contribution in [2.24, 2.45) is 5.92 Å². The number of furan rings is 1. The molecule has 0 aliphatic carbocycles. The predicted octanol–water partition coefficient (Wildman–Crippen LogP) is 1.25. The number of aliphatic hydroxyl groups is 1. The molecule has 0 saturated carbocycles. The first-order chi connectivity index (χ1) is 9.43. The fraction of sp³-hybridized carbons (Fsp3) is 0.538. The van der Waals surface area contributed by atoms with E-state index in [0.717, 1.165) is 0 Å². The molecule has 20 heavy (non-hydrogen) atoms. The van der Waals surface area contributed by atoms with Gasteiger partial charge >= 0.3 is 0 Å². The molecule has 0 saturated heterocycles. The Balaban J connectivity index is 2.39. The number of aliphatic hydroxyl groups excluding tert-OH is 1. The summed E-state index contributed by atoms with van der Waals surface area (Å²) in [5.74, 6) is -0.211. The van der Waals surface area contributed by atoms with E-state index in [2.05, 4.69) is 21.2 Å². The zero-order valence-electron chi connectivity index (χ0n) is 11.6. The molecule has 6 nitrogen and oxygen atoms in total. The Hall–Kier alpha value is -1.34. The Labute approximate surface area is 126 Å². The van der Waals surface area contributed by atoms with Crippen molar-refractivity contribution in [1.29, 1.82) is 0 Å². The second kappa shape index (κ2) is 8.06. The lowest BCUT2D eigenvalue weighted by atomic mass is 10.1. The summed E-state index contributed by atoms with van der Waals surface area (Å²) < 4.78 is 5.61. The smallest absolute Gasteiger partial charge is 0.289 e. The minimum atomic E-state index is -0.353. The van der Waals surface area contributed by atoms with Gasteiger partial charge in [0, 0.05) is 20.2 Å². The molecule has 2 amide bonds. The van der Waals surface area contributed by atoms with Crippen LogP contribution in [0.15, 0.2) is 21.2 Å². The van der Waals surface area contributed by atoms with Crippen molar-refractivity contribution in [1.82, 2.24) is 10.2 Å². The van der Waals surface area contributed by atoms with Crippen LogP contribution in [0, 0.1) is 5.92 Å². The van der Waals surface area contributed by atoms with Crippen molar-refractivity contribution >= 4 is 27.7 Å². The number of nitrogens with one attached hydrogen (secondary N) is 1. The molecule has 0 aliphatic heterocycles. The van der Waals surface area contributed by atoms with E-state index < -0.39 is 0 Å². The van der Waals surface area contributed by atoms with Crippen LogP contribution in [0.2, 0.25) is 0 Å². The van der Waals surface area contributed by atoms with Crippen LogP contribution in [0.25, 0.3) is 0 Å². The summed E-state index contributed by atoms with van der Waals surface area (Å²) in [6.45, 7) is 2.48. The highest BCUT2D eigenvalue weighted by atomic mass is 79.9. The van der Waals surface area contributed by atoms with Gasteiger partial charge in [-0.25, -0.2) is 0 Å². The minimum absolute atomic E-state index is 0.0387. The van der Waals surface area contributed by atoms with Crippen LogP contribution < -0.4 is 5.32 Å². The Morgan fingerprint density at radius 2 is 2.20 bits per heavy atom. The van der Waals surface area contributed by atoms with Crippen LogP contribution in [0.3, 0.4) is 0 Å². The van der Waals surface area contributed by atoms with Crippen LogP contribution in [0.5, 0.6) is 0 Å². The van der Waals surface area contributed by atoms with Gasteiger partial charge in [0.25, 0.3) is 5.91 Å². The van der Waals surface area contributed by atoms with Gasteiger partial charge in [-0.15, -0.1) is 0 Å². The normalized spacial score (nSPS) is 12.0. The van der Waals surface area contributed by atoms with Gasteiger partial charge in [0.15, 0.2) is 10.4 Å². The van der Waals surface area contributed by atoms with Gasteiger partial charge in [0.05, 0.1) is 6.54 Å². The van der Waals surface area contributed by atoms with Gasteiger partial charge in [-0.05, 0) is 40.4 Å². The number of nitrogens with zero attached hydrogens (tertiary/aromatic N) is 1. The van der Waals surface area contributed by atoms with Crippen molar-refractivity contribution < 1.29 is 19.1 Å². The molecule has 0 aliphatic rings. The number of carbonyl (C=O) groups is 2. The van der Waals surface area contributed by atoms with E-state index in [0.29, 0.717) is 17.6 Å². The topological polar surface area (TPSA) is 82.8 Å². The van der Waals surface area contributed by atoms with Crippen LogP contribution in [-0.4, -0.2) is 48.6 Å².